The lowest BCUT2D eigenvalue weighted by Gasteiger charge is -2.19. The molecule has 3 heterocycles. The first-order valence-corrected chi connectivity index (χ1v) is 7.94. The fourth-order valence-electron chi connectivity index (χ4n) is 2.42. The van der Waals surface area contributed by atoms with Gasteiger partial charge >= 0.3 is 0 Å². The molecule has 1 fully saturated rings. The van der Waals surface area contributed by atoms with Gasteiger partial charge in [-0.1, -0.05) is 6.42 Å². The predicted octanol–water partition coefficient (Wildman–Crippen LogP) is 1.61. The van der Waals surface area contributed by atoms with E-state index in [1.807, 2.05) is 0 Å². The van der Waals surface area contributed by atoms with Gasteiger partial charge in [0, 0.05) is 6.07 Å². The number of fused-ring (bicyclic) bond motifs is 1. The van der Waals surface area contributed by atoms with Crippen LogP contribution in [0.15, 0.2) is 12.1 Å². The van der Waals surface area contributed by atoms with Crippen molar-refractivity contribution in [2.75, 3.05) is 12.9 Å². The Balaban J connectivity index is 2.05. The number of hydrogen-bond acceptors (Lipinski definition) is 5. The van der Waals surface area contributed by atoms with E-state index in [2.05, 4.69) is 15.0 Å². The Morgan fingerprint density at radius 1 is 1.32 bits per heavy atom. The number of aromatic nitrogens is 3. The van der Waals surface area contributed by atoms with E-state index in [1.54, 1.807) is 12.1 Å². The van der Waals surface area contributed by atoms with Crippen LogP contribution < -0.4 is 4.74 Å². The average Bonchev–Trinajstić information content (AvgIpc) is 2.80. The number of pyridine rings is 1. The number of aromatic amines is 1. The van der Waals surface area contributed by atoms with Crippen molar-refractivity contribution in [2.24, 2.45) is 0 Å². The van der Waals surface area contributed by atoms with Gasteiger partial charge in [-0.3, -0.25) is 0 Å². The molecule has 2 aromatic heterocycles. The Morgan fingerprint density at radius 2 is 2.16 bits per heavy atom. The molecule has 1 N–H and O–H groups in total. The molecule has 0 saturated carbocycles. The molecule has 6 nitrogen and oxygen atoms in total. The minimum Gasteiger partial charge on any atom is -0.481 e. The maximum absolute atomic E-state index is 12.1. The van der Waals surface area contributed by atoms with E-state index < -0.39 is 15.1 Å². The standard InChI is InChI=1S/C12H15N3O3S/c1-18-10-6-5-8-11(14-10)15-12(13-8)9-4-2-3-7-19(9,16)17/h5-6,9H,2-4,7H2,1H3,(H,13,14,15). The van der Waals surface area contributed by atoms with Crippen molar-refractivity contribution in [3.05, 3.63) is 18.0 Å². The molecular formula is C12H15N3O3S. The molecule has 7 heteroatoms. The van der Waals surface area contributed by atoms with Gasteiger partial charge < -0.3 is 9.72 Å². The summed E-state index contributed by atoms with van der Waals surface area (Å²) in [6.07, 6.45) is 2.28. The SMILES string of the molecule is COc1ccc2[nH]c(C3CCCCS3(=O)=O)nc2n1. The van der Waals surface area contributed by atoms with Crippen LogP contribution in [0.2, 0.25) is 0 Å². The number of methoxy groups -OCH3 is 1. The van der Waals surface area contributed by atoms with E-state index in [0.29, 0.717) is 23.8 Å². The largest absolute Gasteiger partial charge is 0.481 e. The smallest absolute Gasteiger partial charge is 0.215 e. The van der Waals surface area contributed by atoms with Gasteiger partial charge in [-0.25, -0.2) is 13.4 Å². The number of H-pyrrole nitrogens is 1. The molecule has 0 radical (unpaired) electrons. The summed E-state index contributed by atoms with van der Waals surface area (Å²) in [5.74, 6) is 1.21. The summed E-state index contributed by atoms with van der Waals surface area (Å²) in [7, 11) is -1.56. The first kappa shape index (κ1) is 12.4. The van der Waals surface area contributed by atoms with E-state index in [1.165, 1.54) is 7.11 Å². The van der Waals surface area contributed by atoms with Gasteiger partial charge in [0.2, 0.25) is 5.88 Å². The second kappa shape index (κ2) is 4.48. The number of sulfone groups is 1. The van der Waals surface area contributed by atoms with Crippen molar-refractivity contribution < 1.29 is 13.2 Å². The van der Waals surface area contributed by atoms with Gasteiger partial charge in [0.1, 0.15) is 11.1 Å². The summed E-state index contributed by atoms with van der Waals surface area (Å²) in [6.45, 7) is 0. The molecule has 0 aliphatic carbocycles. The Bertz CT molecular complexity index is 708. The zero-order chi connectivity index (χ0) is 13.5. The third-order valence-corrected chi connectivity index (χ3v) is 5.62. The number of nitrogens with one attached hydrogen (secondary N) is 1. The van der Waals surface area contributed by atoms with Crippen LogP contribution in [0.3, 0.4) is 0 Å². The number of ether oxygens (including phenoxy) is 1. The van der Waals surface area contributed by atoms with Crippen molar-refractivity contribution in [3.63, 3.8) is 0 Å². The fourth-order valence-corrected chi connectivity index (χ4v) is 4.29. The number of hydrogen-bond donors (Lipinski definition) is 1. The summed E-state index contributed by atoms with van der Waals surface area (Å²) in [6, 6.07) is 3.52. The van der Waals surface area contributed by atoms with Crippen molar-refractivity contribution >= 4 is 21.0 Å². The van der Waals surface area contributed by atoms with Gasteiger partial charge in [-0.2, -0.15) is 4.98 Å². The van der Waals surface area contributed by atoms with Crippen LogP contribution >= 0.6 is 0 Å². The van der Waals surface area contributed by atoms with E-state index >= 15 is 0 Å². The van der Waals surface area contributed by atoms with Gasteiger partial charge in [-0.05, 0) is 18.9 Å². The molecule has 0 amide bonds. The van der Waals surface area contributed by atoms with Crippen molar-refractivity contribution in [1.82, 2.24) is 15.0 Å². The maximum atomic E-state index is 12.1. The minimum atomic E-state index is -3.09. The zero-order valence-electron chi connectivity index (χ0n) is 10.6. The Hall–Kier alpha value is -1.63. The molecule has 0 aromatic carbocycles. The molecular weight excluding hydrogens is 266 g/mol. The van der Waals surface area contributed by atoms with Gasteiger partial charge in [0.15, 0.2) is 15.5 Å². The van der Waals surface area contributed by atoms with Gasteiger partial charge in [0.25, 0.3) is 0 Å². The van der Waals surface area contributed by atoms with E-state index in [4.69, 9.17) is 4.74 Å². The highest BCUT2D eigenvalue weighted by Gasteiger charge is 2.32. The Labute approximate surface area is 111 Å². The summed E-state index contributed by atoms with van der Waals surface area (Å²) < 4.78 is 29.2. The highest BCUT2D eigenvalue weighted by Crippen LogP contribution is 2.32. The molecule has 1 saturated heterocycles. The molecule has 1 aliphatic rings. The van der Waals surface area contributed by atoms with Crippen molar-refractivity contribution in [3.8, 4) is 5.88 Å². The third kappa shape index (κ3) is 2.18. The van der Waals surface area contributed by atoms with Crippen molar-refractivity contribution in [2.45, 2.75) is 24.5 Å². The van der Waals surface area contributed by atoms with Gasteiger partial charge in [0.05, 0.1) is 18.4 Å². The topological polar surface area (TPSA) is 84.9 Å². The normalized spacial score (nSPS) is 22.5. The lowest BCUT2D eigenvalue weighted by Crippen LogP contribution is -2.22. The monoisotopic (exact) mass is 281 g/mol. The maximum Gasteiger partial charge on any atom is 0.215 e. The molecule has 2 aromatic rings. The average molecular weight is 281 g/mol. The van der Waals surface area contributed by atoms with Crippen LogP contribution in [-0.2, 0) is 9.84 Å². The van der Waals surface area contributed by atoms with Gasteiger partial charge in [-0.15, -0.1) is 0 Å². The van der Waals surface area contributed by atoms with Crippen molar-refractivity contribution in [1.29, 1.82) is 0 Å². The molecule has 1 aliphatic heterocycles. The molecule has 19 heavy (non-hydrogen) atoms. The minimum absolute atomic E-state index is 0.242. The van der Waals surface area contributed by atoms with E-state index in [-0.39, 0.29) is 5.75 Å². The second-order valence-corrected chi connectivity index (χ2v) is 7.00. The summed E-state index contributed by atoms with van der Waals surface area (Å²) in [5, 5.41) is -0.526. The van der Waals surface area contributed by atoms with Crippen LogP contribution in [0.4, 0.5) is 0 Å². The van der Waals surface area contributed by atoms with Crippen LogP contribution in [0.1, 0.15) is 30.3 Å². The Kier molecular flexibility index (Phi) is 2.93. The molecule has 3 rings (SSSR count). The number of nitrogens with zero attached hydrogens (tertiary/aromatic N) is 2. The summed E-state index contributed by atoms with van der Waals surface area (Å²) in [5.41, 5.74) is 1.23. The summed E-state index contributed by atoms with van der Waals surface area (Å²) >= 11 is 0. The number of imidazole rings is 1. The Morgan fingerprint density at radius 3 is 2.89 bits per heavy atom. The third-order valence-electron chi connectivity index (χ3n) is 3.43. The predicted molar refractivity (Wildman–Crippen MR) is 70.8 cm³/mol. The number of rotatable bonds is 2. The lowest BCUT2D eigenvalue weighted by molar-refractivity contribution is 0.399. The fraction of sp³-hybridized carbons (Fsp3) is 0.500. The second-order valence-electron chi connectivity index (χ2n) is 4.70. The molecule has 1 unspecified atom stereocenters. The molecule has 0 spiro atoms. The van der Waals surface area contributed by atoms with Crippen LogP contribution in [-0.4, -0.2) is 36.2 Å². The molecule has 1 atom stereocenters. The highest BCUT2D eigenvalue weighted by molar-refractivity contribution is 7.91. The van der Waals surface area contributed by atoms with Crippen LogP contribution in [0, 0.1) is 0 Å². The summed E-state index contributed by atoms with van der Waals surface area (Å²) in [4.78, 5) is 11.6. The highest BCUT2D eigenvalue weighted by atomic mass is 32.2. The molecule has 0 bridgehead atoms. The lowest BCUT2D eigenvalue weighted by atomic mass is 10.2. The van der Waals surface area contributed by atoms with Crippen LogP contribution in [0.5, 0.6) is 5.88 Å². The zero-order valence-corrected chi connectivity index (χ0v) is 11.4. The van der Waals surface area contributed by atoms with E-state index in [9.17, 15) is 8.42 Å². The first-order chi connectivity index (χ1) is 9.10. The quantitative estimate of drug-likeness (QED) is 0.903. The van der Waals surface area contributed by atoms with Crippen LogP contribution in [0.25, 0.3) is 11.2 Å². The molecule has 102 valence electrons. The van der Waals surface area contributed by atoms with E-state index in [0.717, 1.165) is 18.4 Å². The first-order valence-electron chi connectivity index (χ1n) is 6.22.